The molecule has 1 rings (SSSR count). The second-order valence-corrected chi connectivity index (χ2v) is 4.64. The van der Waals surface area contributed by atoms with Crippen LogP contribution in [0, 0.1) is 0 Å². The predicted octanol–water partition coefficient (Wildman–Crippen LogP) is 3.08. The number of rotatable bonds is 3. The molecule has 1 N–H and O–H groups in total. The largest absolute Gasteiger partial charge is 0.481 e. The Morgan fingerprint density at radius 3 is 2.67 bits per heavy atom. The number of methoxy groups -OCH3 is 1. The van der Waals surface area contributed by atoms with Gasteiger partial charge in [0.2, 0.25) is 5.88 Å². The van der Waals surface area contributed by atoms with E-state index in [1.807, 2.05) is 0 Å². The molecule has 0 aliphatic rings. The molecular formula is C13H18N2O3. The minimum Gasteiger partial charge on any atom is -0.481 e. The fourth-order valence-corrected chi connectivity index (χ4v) is 1.24. The van der Waals surface area contributed by atoms with Gasteiger partial charge in [0.15, 0.2) is 0 Å². The maximum atomic E-state index is 11.7. The molecule has 0 aromatic carbocycles. The molecule has 0 bridgehead atoms. The predicted molar refractivity (Wildman–Crippen MR) is 70.7 cm³/mol. The van der Waals surface area contributed by atoms with Gasteiger partial charge in [0, 0.05) is 17.8 Å². The molecule has 5 nitrogen and oxygen atoms in total. The summed E-state index contributed by atoms with van der Waals surface area (Å²) in [7, 11) is 1.51. The topological polar surface area (TPSA) is 60.5 Å². The third kappa shape index (κ3) is 4.08. The third-order valence-corrected chi connectivity index (χ3v) is 1.97. The standard InChI is InChI=1S/C13H18N2O3/c1-6-9-8-14-11(17-5)7-10(9)15-12(16)18-13(2,3)4/h6-8H,1H2,2-5H3,(H,14,15,16). The van der Waals surface area contributed by atoms with Crippen LogP contribution in [0.2, 0.25) is 0 Å². The number of pyridine rings is 1. The van der Waals surface area contributed by atoms with Gasteiger partial charge in [0.1, 0.15) is 5.60 Å². The Morgan fingerprint density at radius 1 is 1.50 bits per heavy atom. The van der Waals surface area contributed by atoms with E-state index in [9.17, 15) is 4.79 Å². The Labute approximate surface area is 107 Å². The molecular weight excluding hydrogens is 232 g/mol. The molecule has 0 radical (unpaired) electrons. The molecule has 5 heteroatoms. The molecule has 0 spiro atoms. The van der Waals surface area contributed by atoms with Gasteiger partial charge in [-0.25, -0.2) is 9.78 Å². The third-order valence-electron chi connectivity index (χ3n) is 1.97. The first-order valence-electron chi connectivity index (χ1n) is 5.52. The van der Waals surface area contributed by atoms with Gasteiger partial charge in [0.05, 0.1) is 12.8 Å². The molecule has 0 aliphatic heterocycles. The van der Waals surface area contributed by atoms with Crippen LogP contribution < -0.4 is 10.1 Å². The van der Waals surface area contributed by atoms with E-state index in [-0.39, 0.29) is 0 Å². The SMILES string of the molecule is C=Cc1cnc(OC)cc1NC(=O)OC(C)(C)C. The van der Waals surface area contributed by atoms with Crippen LogP contribution in [0.15, 0.2) is 18.8 Å². The number of ether oxygens (including phenoxy) is 2. The van der Waals surface area contributed by atoms with E-state index in [1.165, 1.54) is 7.11 Å². The number of carbonyl (C=O) groups excluding carboxylic acids is 1. The van der Waals surface area contributed by atoms with Gasteiger partial charge in [-0.2, -0.15) is 0 Å². The Hall–Kier alpha value is -2.04. The van der Waals surface area contributed by atoms with E-state index < -0.39 is 11.7 Å². The minimum atomic E-state index is -0.546. The zero-order chi connectivity index (χ0) is 13.8. The van der Waals surface area contributed by atoms with Crippen LogP contribution in [0.5, 0.6) is 5.88 Å². The highest BCUT2D eigenvalue weighted by molar-refractivity contribution is 5.88. The van der Waals surface area contributed by atoms with Crippen molar-refractivity contribution in [3.63, 3.8) is 0 Å². The first-order chi connectivity index (χ1) is 8.35. The van der Waals surface area contributed by atoms with Gasteiger partial charge < -0.3 is 9.47 Å². The van der Waals surface area contributed by atoms with Crippen molar-refractivity contribution in [2.45, 2.75) is 26.4 Å². The number of carbonyl (C=O) groups is 1. The van der Waals surface area contributed by atoms with Crippen LogP contribution in [-0.2, 0) is 4.74 Å². The zero-order valence-electron chi connectivity index (χ0n) is 11.1. The highest BCUT2D eigenvalue weighted by Crippen LogP contribution is 2.21. The average Bonchev–Trinajstić information content (AvgIpc) is 2.26. The number of aromatic nitrogens is 1. The normalized spacial score (nSPS) is 10.7. The molecule has 0 saturated heterocycles. The molecule has 0 aliphatic carbocycles. The summed E-state index contributed by atoms with van der Waals surface area (Å²) in [6, 6.07) is 1.61. The summed E-state index contributed by atoms with van der Waals surface area (Å²) in [5.74, 6) is 0.409. The molecule has 1 amide bonds. The Bertz CT molecular complexity index is 450. The van der Waals surface area contributed by atoms with Crippen LogP contribution in [0.4, 0.5) is 10.5 Å². The van der Waals surface area contributed by atoms with Crippen molar-refractivity contribution in [3.8, 4) is 5.88 Å². The van der Waals surface area contributed by atoms with E-state index in [1.54, 1.807) is 39.1 Å². The summed E-state index contributed by atoms with van der Waals surface area (Å²) in [5.41, 5.74) is 0.697. The fourth-order valence-electron chi connectivity index (χ4n) is 1.24. The minimum absolute atomic E-state index is 0.409. The number of hydrogen-bond donors (Lipinski definition) is 1. The Morgan fingerprint density at radius 2 is 2.17 bits per heavy atom. The van der Waals surface area contributed by atoms with E-state index in [0.717, 1.165) is 0 Å². The van der Waals surface area contributed by atoms with Crippen molar-refractivity contribution in [2.75, 3.05) is 12.4 Å². The Kier molecular flexibility index (Phi) is 4.31. The van der Waals surface area contributed by atoms with Crippen molar-refractivity contribution >= 4 is 17.9 Å². The number of hydrogen-bond acceptors (Lipinski definition) is 4. The average molecular weight is 250 g/mol. The van der Waals surface area contributed by atoms with E-state index in [2.05, 4.69) is 16.9 Å². The van der Waals surface area contributed by atoms with Crippen LogP contribution in [0.25, 0.3) is 6.08 Å². The monoisotopic (exact) mass is 250 g/mol. The van der Waals surface area contributed by atoms with Crippen molar-refractivity contribution < 1.29 is 14.3 Å². The summed E-state index contributed by atoms with van der Waals surface area (Å²) in [5, 5.41) is 2.64. The van der Waals surface area contributed by atoms with Gasteiger partial charge in [0.25, 0.3) is 0 Å². The molecule has 0 atom stereocenters. The summed E-state index contributed by atoms with van der Waals surface area (Å²) >= 11 is 0. The lowest BCUT2D eigenvalue weighted by Gasteiger charge is -2.20. The highest BCUT2D eigenvalue weighted by Gasteiger charge is 2.17. The lowest BCUT2D eigenvalue weighted by Crippen LogP contribution is -2.27. The lowest BCUT2D eigenvalue weighted by molar-refractivity contribution is 0.0636. The van der Waals surface area contributed by atoms with Crippen molar-refractivity contribution in [1.82, 2.24) is 4.98 Å². The van der Waals surface area contributed by atoms with Gasteiger partial charge >= 0.3 is 6.09 Å². The van der Waals surface area contributed by atoms with Crippen LogP contribution in [0.3, 0.4) is 0 Å². The quantitative estimate of drug-likeness (QED) is 0.895. The number of nitrogens with one attached hydrogen (secondary N) is 1. The molecule has 98 valence electrons. The molecule has 0 saturated carbocycles. The second-order valence-electron chi connectivity index (χ2n) is 4.64. The van der Waals surface area contributed by atoms with Gasteiger partial charge in [-0.05, 0) is 20.8 Å². The zero-order valence-corrected chi connectivity index (χ0v) is 11.1. The van der Waals surface area contributed by atoms with Crippen LogP contribution in [-0.4, -0.2) is 23.8 Å². The molecule has 1 heterocycles. The van der Waals surface area contributed by atoms with E-state index in [0.29, 0.717) is 17.1 Å². The highest BCUT2D eigenvalue weighted by atomic mass is 16.6. The first-order valence-corrected chi connectivity index (χ1v) is 5.52. The molecule has 18 heavy (non-hydrogen) atoms. The van der Waals surface area contributed by atoms with Crippen molar-refractivity contribution in [2.24, 2.45) is 0 Å². The van der Waals surface area contributed by atoms with Crippen LogP contribution in [0.1, 0.15) is 26.3 Å². The molecule has 0 unspecified atom stereocenters. The summed E-state index contributed by atoms with van der Waals surface area (Å²) in [6.45, 7) is 9.06. The summed E-state index contributed by atoms with van der Waals surface area (Å²) in [6.07, 6.45) is 2.64. The number of anilines is 1. The summed E-state index contributed by atoms with van der Waals surface area (Å²) in [4.78, 5) is 15.7. The lowest BCUT2D eigenvalue weighted by atomic mass is 10.2. The Balaban J connectivity index is 2.88. The van der Waals surface area contributed by atoms with Gasteiger partial charge in [-0.3, -0.25) is 5.32 Å². The van der Waals surface area contributed by atoms with Crippen molar-refractivity contribution in [1.29, 1.82) is 0 Å². The fraction of sp³-hybridized carbons (Fsp3) is 0.385. The van der Waals surface area contributed by atoms with Gasteiger partial charge in [-0.1, -0.05) is 12.7 Å². The second kappa shape index (κ2) is 5.53. The van der Waals surface area contributed by atoms with Crippen LogP contribution >= 0.6 is 0 Å². The van der Waals surface area contributed by atoms with Gasteiger partial charge in [-0.15, -0.1) is 0 Å². The summed E-state index contributed by atoms with van der Waals surface area (Å²) < 4.78 is 10.2. The number of amides is 1. The maximum absolute atomic E-state index is 11.7. The molecule has 0 fully saturated rings. The van der Waals surface area contributed by atoms with E-state index >= 15 is 0 Å². The molecule has 1 aromatic heterocycles. The smallest absolute Gasteiger partial charge is 0.412 e. The molecule has 1 aromatic rings. The van der Waals surface area contributed by atoms with E-state index in [4.69, 9.17) is 9.47 Å². The number of nitrogens with zero attached hydrogens (tertiary/aromatic N) is 1. The first kappa shape index (κ1) is 14.0. The maximum Gasteiger partial charge on any atom is 0.412 e. The van der Waals surface area contributed by atoms with Crippen molar-refractivity contribution in [3.05, 3.63) is 24.4 Å².